The molecule has 0 saturated heterocycles. The first-order valence-electron chi connectivity index (χ1n) is 25.7. The predicted octanol–water partition coefficient (Wildman–Crippen LogP) is 20.5. The third-order valence-corrected chi connectivity index (χ3v) is 14.8. The molecule has 0 N–H and O–H groups in total. The molecule has 354 valence electrons. The Morgan fingerprint density at radius 3 is 0.946 bits per heavy atom. The molecule has 12 aromatic carbocycles. The molecular weight excluding hydrogens is 893 g/mol. The number of benzene rings is 12. The van der Waals surface area contributed by atoms with Gasteiger partial charge in [-0.25, -0.2) is 0 Å². The van der Waals surface area contributed by atoms with Gasteiger partial charge in [0, 0.05) is 33.3 Å². The molecule has 0 aliphatic rings. The van der Waals surface area contributed by atoms with Crippen LogP contribution < -0.4 is 9.80 Å². The minimum atomic E-state index is 1.14. The lowest BCUT2D eigenvalue weighted by Gasteiger charge is -2.32. The maximum absolute atomic E-state index is 2.50. The third kappa shape index (κ3) is 8.61. The average molecular weight is 949 g/mol. The van der Waals surface area contributed by atoms with Crippen LogP contribution in [0.4, 0.5) is 34.1 Å². The Kier molecular flexibility index (Phi) is 12.2. The average Bonchev–Trinajstić information content (AvgIpc) is 3.46. The number of hydrogen-bond acceptors (Lipinski definition) is 2. The van der Waals surface area contributed by atoms with Crippen LogP contribution >= 0.6 is 0 Å². The summed E-state index contributed by atoms with van der Waals surface area (Å²) in [5.41, 5.74) is 23.6. The first-order chi connectivity index (χ1) is 36.4. The zero-order valence-corrected chi connectivity index (χ0v) is 42.3. The van der Waals surface area contributed by atoms with Crippen molar-refractivity contribution in [3.8, 4) is 55.6 Å². The molecule has 12 aromatic rings. The van der Waals surface area contributed by atoms with Gasteiger partial charge in [-0.2, -0.15) is 0 Å². The SMILES string of the molecule is Cc1cc(-c2ccc(N(c3c(C)cccc3-c3ccc(-c4ccccc4)cc3)c3cccc4ccccc34)c(C)c2)ccc1N(c1c(C)cccc1-c1ccc(-c2ccccc2)cc1)c1cccc2ccccc12. The first kappa shape index (κ1) is 45.9. The lowest BCUT2D eigenvalue weighted by atomic mass is 9.94. The Bertz CT molecular complexity index is 3710. The van der Waals surface area contributed by atoms with E-state index in [0.717, 1.165) is 22.7 Å². The molecule has 2 heteroatoms. The summed E-state index contributed by atoms with van der Waals surface area (Å²) in [5, 5.41) is 4.82. The molecule has 0 heterocycles. The zero-order valence-electron chi connectivity index (χ0n) is 42.3. The van der Waals surface area contributed by atoms with Crippen molar-refractivity contribution in [1.29, 1.82) is 0 Å². The number of nitrogens with zero attached hydrogens (tertiary/aromatic N) is 2. The van der Waals surface area contributed by atoms with Gasteiger partial charge < -0.3 is 9.80 Å². The van der Waals surface area contributed by atoms with Gasteiger partial charge in [-0.1, -0.05) is 231 Å². The summed E-state index contributed by atoms with van der Waals surface area (Å²) >= 11 is 0. The molecule has 0 unspecified atom stereocenters. The van der Waals surface area contributed by atoms with Gasteiger partial charge >= 0.3 is 0 Å². The van der Waals surface area contributed by atoms with Gasteiger partial charge in [-0.05, 0) is 142 Å². The fourth-order valence-corrected chi connectivity index (χ4v) is 11.0. The van der Waals surface area contributed by atoms with Crippen molar-refractivity contribution in [3.63, 3.8) is 0 Å². The Morgan fingerprint density at radius 1 is 0.216 bits per heavy atom. The maximum Gasteiger partial charge on any atom is 0.0569 e. The summed E-state index contributed by atoms with van der Waals surface area (Å²) < 4.78 is 0. The van der Waals surface area contributed by atoms with Crippen LogP contribution in [0.5, 0.6) is 0 Å². The van der Waals surface area contributed by atoms with Crippen LogP contribution in [-0.2, 0) is 0 Å². The number of rotatable bonds is 11. The Labute approximate surface area is 435 Å². The van der Waals surface area contributed by atoms with Crippen LogP contribution in [0.15, 0.2) is 267 Å². The molecule has 0 amide bonds. The van der Waals surface area contributed by atoms with Gasteiger partial charge in [0.05, 0.1) is 22.7 Å². The number of para-hydroxylation sites is 2. The van der Waals surface area contributed by atoms with E-state index < -0.39 is 0 Å². The fraction of sp³-hybridized carbons (Fsp3) is 0.0556. The molecule has 12 rings (SSSR count). The summed E-state index contributed by atoms with van der Waals surface area (Å²) in [5.74, 6) is 0. The van der Waals surface area contributed by atoms with Gasteiger partial charge in [0.2, 0.25) is 0 Å². The summed E-state index contributed by atoms with van der Waals surface area (Å²) in [4.78, 5) is 5.01. The molecule has 0 aliphatic carbocycles. The Morgan fingerprint density at radius 2 is 0.541 bits per heavy atom. The van der Waals surface area contributed by atoms with Crippen LogP contribution in [0.3, 0.4) is 0 Å². The van der Waals surface area contributed by atoms with E-state index in [4.69, 9.17) is 0 Å². The quantitative estimate of drug-likeness (QED) is 0.127. The normalized spacial score (nSPS) is 11.2. The van der Waals surface area contributed by atoms with Gasteiger partial charge in [0.1, 0.15) is 0 Å². The molecule has 0 radical (unpaired) electrons. The molecule has 0 saturated carbocycles. The minimum absolute atomic E-state index is 1.14. The van der Waals surface area contributed by atoms with Crippen molar-refractivity contribution in [2.45, 2.75) is 27.7 Å². The number of fused-ring (bicyclic) bond motifs is 2. The number of hydrogen-bond donors (Lipinski definition) is 0. The minimum Gasteiger partial charge on any atom is -0.309 e. The highest BCUT2D eigenvalue weighted by Crippen LogP contribution is 2.49. The zero-order chi connectivity index (χ0) is 50.1. The van der Waals surface area contributed by atoms with Gasteiger partial charge in [0.25, 0.3) is 0 Å². The second-order valence-corrected chi connectivity index (χ2v) is 19.5. The first-order valence-corrected chi connectivity index (χ1v) is 25.7. The molecule has 2 nitrogen and oxygen atoms in total. The second kappa shape index (κ2) is 19.8. The van der Waals surface area contributed by atoms with Gasteiger partial charge in [0.15, 0.2) is 0 Å². The molecule has 0 fully saturated rings. The van der Waals surface area contributed by atoms with E-state index in [0.29, 0.717) is 0 Å². The van der Waals surface area contributed by atoms with Crippen molar-refractivity contribution in [2.75, 3.05) is 9.80 Å². The topological polar surface area (TPSA) is 6.48 Å². The number of aryl methyl sites for hydroxylation is 4. The molecule has 74 heavy (non-hydrogen) atoms. The lowest BCUT2D eigenvalue weighted by molar-refractivity contribution is 1.23. The Balaban J connectivity index is 0.968. The third-order valence-electron chi connectivity index (χ3n) is 14.8. The molecular formula is C72H56N2. The molecule has 0 bridgehead atoms. The predicted molar refractivity (Wildman–Crippen MR) is 317 cm³/mol. The molecule has 0 aromatic heterocycles. The van der Waals surface area contributed by atoms with Crippen molar-refractivity contribution >= 4 is 55.7 Å². The summed E-state index contributed by atoms with van der Waals surface area (Å²) in [6, 6.07) is 97.6. The van der Waals surface area contributed by atoms with Crippen LogP contribution in [-0.4, -0.2) is 0 Å². The fourth-order valence-electron chi connectivity index (χ4n) is 11.0. The van der Waals surface area contributed by atoms with Crippen molar-refractivity contribution < 1.29 is 0 Å². The van der Waals surface area contributed by atoms with E-state index in [1.165, 1.54) is 111 Å². The van der Waals surface area contributed by atoms with E-state index in [-0.39, 0.29) is 0 Å². The lowest BCUT2D eigenvalue weighted by Crippen LogP contribution is -2.15. The summed E-state index contributed by atoms with van der Waals surface area (Å²) in [6.45, 7) is 9.01. The summed E-state index contributed by atoms with van der Waals surface area (Å²) in [6.07, 6.45) is 0. The monoisotopic (exact) mass is 948 g/mol. The van der Waals surface area contributed by atoms with E-state index in [1.54, 1.807) is 0 Å². The largest absolute Gasteiger partial charge is 0.309 e. The van der Waals surface area contributed by atoms with Crippen molar-refractivity contribution in [1.82, 2.24) is 0 Å². The van der Waals surface area contributed by atoms with Crippen LogP contribution in [0.1, 0.15) is 22.3 Å². The van der Waals surface area contributed by atoms with E-state index in [9.17, 15) is 0 Å². The van der Waals surface area contributed by atoms with Crippen LogP contribution in [0.2, 0.25) is 0 Å². The smallest absolute Gasteiger partial charge is 0.0569 e. The van der Waals surface area contributed by atoms with Crippen molar-refractivity contribution in [3.05, 3.63) is 289 Å². The highest BCUT2D eigenvalue weighted by molar-refractivity contribution is 6.04. The second-order valence-electron chi connectivity index (χ2n) is 19.5. The van der Waals surface area contributed by atoms with Crippen LogP contribution in [0.25, 0.3) is 77.2 Å². The number of anilines is 6. The van der Waals surface area contributed by atoms with E-state index in [1.807, 2.05) is 0 Å². The van der Waals surface area contributed by atoms with Crippen molar-refractivity contribution in [2.24, 2.45) is 0 Å². The molecule has 0 aliphatic heterocycles. The highest BCUT2D eigenvalue weighted by Gasteiger charge is 2.25. The van der Waals surface area contributed by atoms with E-state index in [2.05, 4.69) is 304 Å². The molecule has 0 spiro atoms. The van der Waals surface area contributed by atoms with Gasteiger partial charge in [-0.3, -0.25) is 0 Å². The Hall–Kier alpha value is -9.24. The van der Waals surface area contributed by atoms with E-state index >= 15 is 0 Å². The highest BCUT2D eigenvalue weighted by atomic mass is 15.2. The van der Waals surface area contributed by atoms with Gasteiger partial charge in [-0.15, -0.1) is 0 Å². The van der Waals surface area contributed by atoms with Crippen LogP contribution in [0, 0.1) is 27.7 Å². The molecule has 0 atom stereocenters. The standard InChI is InChI=1S/C72H56N2/c1-49-19-15-31-65(59-39-35-55(36-40-59)53-21-7-5-8-22-53)71(49)73(69-33-17-27-57-25-11-13-29-63(57)69)67-45-43-61(47-51(67)3)62-44-46-68(52(4)48-62)74(70-34-18-28-58-26-12-14-30-64(58)70)72-50(2)20-16-32-66(72)60-41-37-56(38-42-60)54-23-9-6-10-24-54/h5-48H,1-4H3. The summed E-state index contributed by atoms with van der Waals surface area (Å²) in [7, 11) is 0. The maximum atomic E-state index is 2.50.